The van der Waals surface area contributed by atoms with Gasteiger partial charge in [-0.05, 0) is 60.5 Å². The van der Waals surface area contributed by atoms with E-state index in [0.29, 0.717) is 38.6 Å². The molecule has 3 aromatic carbocycles. The molecule has 0 spiro atoms. The number of rotatable bonds is 7. The molecule has 4 rings (SSSR count). The number of benzene rings is 3. The molecule has 0 aliphatic heterocycles. The Morgan fingerprint density at radius 1 is 0.865 bits per heavy atom. The van der Waals surface area contributed by atoms with Crippen molar-refractivity contribution in [2.24, 2.45) is 0 Å². The number of carbonyl (C=O) groups excluding carboxylic acids is 1. The fourth-order valence-corrected chi connectivity index (χ4v) is 4.60. The van der Waals surface area contributed by atoms with Crippen molar-refractivity contribution < 1.29 is 35.9 Å². The van der Waals surface area contributed by atoms with Gasteiger partial charge in [0.05, 0.1) is 40.9 Å². The highest BCUT2D eigenvalue weighted by Gasteiger charge is 2.30. The van der Waals surface area contributed by atoms with Gasteiger partial charge in [-0.15, -0.1) is 0 Å². The molecule has 0 aliphatic carbocycles. The van der Waals surface area contributed by atoms with Crippen LogP contribution in [0.1, 0.15) is 39.5 Å². The van der Waals surface area contributed by atoms with Gasteiger partial charge in [0.1, 0.15) is 0 Å². The Morgan fingerprint density at radius 2 is 1.43 bits per heavy atom. The molecule has 0 saturated carbocycles. The van der Waals surface area contributed by atoms with Crippen LogP contribution in [0.15, 0.2) is 71.9 Å². The van der Waals surface area contributed by atoms with Gasteiger partial charge in [-0.1, -0.05) is 36.0 Å². The molecule has 0 radical (unpaired) electrons. The Morgan fingerprint density at radius 3 is 1.97 bits per heavy atom. The van der Waals surface area contributed by atoms with E-state index in [9.17, 15) is 31.1 Å². The molecule has 0 fully saturated rings. The number of fused-ring (bicyclic) bond motifs is 1. The number of carbonyl (C=O) groups is 1. The number of hydrogen-bond donors (Lipinski definition) is 0. The largest absolute Gasteiger partial charge is 0.462 e. The highest BCUT2D eigenvalue weighted by Crippen LogP contribution is 2.33. The highest BCUT2D eigenvalue weighted by atomic mass is 32.2. The minimum Gasteiger partial charge on any atom is -0.462 e. The predicted molar refractivity (Wildman–Crippen MR) is 127 cm³/mol. The molecule has 0 amide bonds. The van der Waals surface area contributed by atoms with Crippen LogP contribution >= 0.6 is 11.8 Å². The van der Waals surface area contributed by atoms with Gasteiger partial charge in [0.2, 0.25) is 0 Å². The van der Waals surface area contributed by atoms with Crippen LogP contribution in [0.4, 0.5) is 26.3 Å². The second kappa shape index (κ2) is 10.5. The molecule has 0 bridgehead atoms. The van der Waals surface area contributed by atoms with Crippen LogP contribution in [-0.4, -0.2) is 22.1 Å². The van der Waals surface area contributed by atoms with Crippen molar-refractivity contribution in [3.05, 3.63) is 94.5 Å². The summed E-state index contributed by atoms with van der Waals surface area (Å²) >= 11 is 1.26. The average molecular weight is 539 g/mol. The Labute approximate surface area is 212 Å². The summed E-state index contributed by atoms with van der Waals surface area (Å²) in [7, 11) is 0. The van der Waals surface area contributed by atoms with E-state index in [1.807, 2.05) is 0 Å². The Hall–Kier alpha value is -3.47. The molecule has 0 atom stereocenters. The first-order valence-electron chi connectivity index (χ1n) is 11.1. The molecule has 0 N–H and O–H groups in total. The molecule has 1 aromatic heterocycles. The van der Waals surface area contributed by atoms with Gasteiger partial charge in [-0.25, -0.2) is 9.78 Å². The molecule has 37 heavy (non-hydrogen) atoms. The second-order valence-corrected chi connectivity index (χ2v) is 9.03. The summed E-state index contributed by atoms with van der Waals surface area (Å²) in [4.78, 5) is 16.8. The molecular weight excluding hydrogens is 518 g/mol. The van der Waals surface area contributed by atoms with Crippen LogP contribution in [0.25, 0.3) is 11.0 Å². The van der Waals surface area contributed by atoms with Gasteiger partial charge in [-0.2, -0.15) is 26.3 Å². The number of ether oxygens (including phenoxy) is 1. The minimum atomic E-state index is -4.45. The van der Waals surface area contributed by atoms with E-state index in [-0.39, 0.29) is 13.2 Å². The number of aromatic nitrogens is 2. The summed E-state index contributed by atoms with van der Waals surface area (Å²) in [6.07, 6.45) is -8.88. The number of alkyl halides is 6. The van der Waals surface area contributed by atoms with Crippen molar-refractivity contribution in [1.29, 1.82) is 0 Å². The maximum atomic E-state index is 13.0. The first-order chi connectivity index (χ1) is 17.5. The van der Waals surface area contributed by atoms with Crippen LogP contribution < -0.4 is 0 Å². The molecule has 194 valence electrons. The van der Waals surface area contributed by atoms with E-state index in [1.165, 1.54) is 36.0 Å². The van der Waals surface area contributed by atoms with Gasteiger partial charge < -0.3 is 9.30 Å². The second-order valence-electron chi connectivity index (χ2n) is 8.08. The SMILES string of the molecule is CCOC(=O)c1ccc2c(c1)nc(SCc1ccc(C(F)(F)F)cc1)n2Cc1ccc(C(F)(F)F)cc1. The van der Waals surface area contributed by atoms with E-state index in [2.05, 4.69) is 4.98 Å². The van der Waals surface area contributed by atoms with Crippen molar-refractivity contribution in [3.63, 3.8) is 0 Å². The standard InChI is InChI=1S/C26H20F6N2O2S/c1-2-36-23(35)18-7-12-22-21(13-18)33-24(37-15-17-5-10-20(11-6-17)26(30,31)32)34(22)14-16-3-8-19(9-4-16)25(27,28)29/h3-13H,2,14-15H2,1H3. The van der Waals surface area contributed by atoms with Crippen LogP contribution in [0.2, 0.25) is 0 Å². The molecule has 1 heterocycles. The summed E-state index contributed by atoms with van der Waals surface area (Å²) in [5.74, 6) is -0.209. The quantitative estimate of drug-likeness (QED) is 0.138. The number of esters is 1. The molecule has 11 heteroatoms. The van der Waals surface area contributed by atoms with Crippen molar-refractivity contribution in [2.75, 3.05) is 6.61 Å². The Kier molecular flexibility index (Phi) is 7.54. The van der Waals surface area contributed by atoms with E-state index in [0.717, 1.165) is 24.3 Å². The van der Waals surface area contributed by atoms with Crippen LogP contribution in [0.3, 0.4) is 0 Å². The fourth-order valence-electron chi connectivity index (χ4n) is 3.63. The maximum Gasteiger partial charge on any atom is 0.416 e. The predicted octanol–water partition coefficient (Wildman–Crippen LogP) is 7.59. The molecular formula is C26H20F6N2O2S. The zero-order valence-corrected chi connectivity index (χ0v) is 20.2. The third-order valence-electron chi connectivity index (χ3n) is 5.50. The van der Waals surface area contributed by atoms with Crippen LogP contribution in [0, 0.1) is 0 Å². The first kappa shape index (κ1) is 26.6. The number of hydrogen-bond acceptors (Lipinski definition) is 4. The fraction of sp³-hybridized carbons (Fsp3) is 0.231. The lowest BCUT2D eigenvalue weighted by molar-refractivity contribution is -0.138. The maximum absolute atomic E-state index is 13.0. The number of halogens is 6. The van der Waals surface area contributed by atoms with Crippen molar-refractivity contribution in [1.82, 2.24) is 9.55 Å². The van der Waals surface area contributed by atoms with E-state index in [1.54, 1.807) is 29.7 Å². The minimum absolute atomic E-state index is 0.197. The number of imidazole rings is 1. The van der Waals surface area contributed by atoms with Crippen LogP contribution in [-0.2, 0) is 29.4 Å². The van der Waals surface area contributed by atoms with Gasteiger partial charge in [0.25, 0.3) is 0 Å². The normalized spacial score (nSPS) is 12.2. The summed E-state index contributed by atoms with van der Waals surface area (Å²) in [5.41, 5.74) is 1.14. The summed E-state index contributed by atoms with van der Waals surface area (Å²) in [6.45, 7) is 2.08. The van der Waals surface area contributed by atoms with E-state index in [4.69, 9.17) is 4.74 Å². The van der Waals surface area contributed by atoms with E-state index >= 15 is 0 Å². The zero-order chi connectivity index (χ0) is 26.8. The highest BCUT2D eigenvalue weighted by molar-refractivity contribution is 7.98. The third-order valence-corrected chi connectivity index (χ3v) is 6.54. The molecule has 0 saturated heterocycles. The van der Waals surface area contributed by atoms with E-state index < -0.39 is 29.4 Å². The van der Waals surface area contributed by atoms with Gasteiger partial charge in [0, 0.05) is 5.75 Å². The first-order valence-corrected chi connectivity index (χ1v) is 12.1. The van der Waals surface area contributed by atoms with Gasteiger partial charge >= 0.3 is 18.3 Å². The Balaban J connectivity index is 1.65. The van der Waals surface area contributed by atoms with Gasteiger partial charge in [-0.3, -0.25) is 0 Å². The van der Waals surface area contributed by atoms with Crippen molar-refractivity contribution in [3.8, 4) is 0 Å². The zero-order valence-electron chi connectivity index (χ0n) is 19.4. The molecule has 0 unspecified atom stereocenters. The monoisotopic (exact) mass is 538 g/mol. The summed E-state index contributed by atoms with van der Waals surface area (Å²) < 4.78 is 84.3. The lowest BCUT2D eigenvalue weighted by atomic mass is 10.1. The lowest BCUT2D eigenvalue weighted by Gasteiger charge is -2.12. The molecule has 4 aromatic rings. The van der Waals surface area contributed by atoms with Gasteiger partial charge in [0.15, 0.2) is 5.16 Å². The smallest absolute Gasteiger partial charge is 0.416 e. The average Bonchev–Trinajstić information content (AvgIpc) is 3.19. The summed E-state index contributed by atoms with van der Waals surface area (Å²) in [5, 5.41) is 0.496. The lowest BCUT2D eigenvalue weighted by Crippen LogP contribution is -2.06. The van der Waals surface area contributed by atoms with Crippen molar-refractivity contribution in [2.45, 2.75) is 36.7 Å². The summed E-state index contributed by atoms with van der Waals surface area (Å²) in [6, 6.07) is 14.4. The molecule has 4 nitrogen and oxygen atoms in total. The number of thioether (sulfide) groups is 1. The van der Waals surface area contributed by atoms with Crippen molar-refractivity contribution >= 4 is 28.8 Å². The Bertz CT molecular complexity index is 1390. The van der Waals surface area contributed by atoms with Crippen LogP contribution in [0.5, 0.6) is 0 Å². The third kappa shape index (κ3) is 6.27. The number of nitrogens with zero attached hydrogens (tertiary/aromatic N) is 2. The molecule has 0 aliphatic rings. The topological polar surface area (TPSA) is 44.1 Å².